The second-order valence-corrected chi connectivity index (χ2v) is 5.33. The molecule has 22 heavy (non-hydrogen) atoms. The molecule has 1 N–H and O–H groups in total. The summed E-state index contributed by atoms with van der Waals surface area (Å²) in [5.74, 6) is -0.649. The van der Waals surface area contributed by atoms with Crippen LogP contribution in [0.2, 0.25) is 15.1 Å². The Morgan fingerprint density at radius 2 is 1.82 bits per heavy atom. The van der Waals surface area contributed by atoms with Crippen molar-refractivity contribution in [2.24, 2.45) is 5.10 Å². The Bertz CT molecular complexity index is 745. The first kappa shape index (κ1) is 16.5. The van der Waals surface area contributed by atoms with Gasteiger partial charge in [0.05, 0.1) is 26.9 Å². The number of benzene rings is 2. The summed E-state index contributed by atoms with van der Waals surface area (Å²) in [6.07, 6.45) is 1.09. The highest BCUT2D eigenvalue weighted by Crippen LogP contribution is 2.33. The molecule has 0 bridgehead atoms. The van der Waals surface area contributed by atoms with Crippen molar-refractivity contribution in [3.8, 4) is 0 Å². The van der Waals surface area contributed by atoms with Gasteiger partial charge in [-0.2, -0.15) is 5.10 Å². The van der Waals surface area contributed by atoms with E-state index in [-0.39, 0.29) is 27.0 Å². The van der Waals surface area contributed by atoms with E-state index in [4.69, 9.17) is 34.8 Å². The Hall–Kier alpha value is -1.89. The van der Waals surface area contributed by atoms with Gasteiger partial charge in [0.25, 0.3) is 5.69 Å². The molecule has 9 heteroatoms. The molecule has 0 radical (unpaired) electrons. The van der Waals surface area contributed by atoms with Crippen LogP contribution in [0.25, 0.3) is 0 Å². The maximum atomic E-state index is 13.6. The van der Waals surface area contributed by atoms with Crippen LogP contribution in [0.4, 0.5) is 15.8 Å². The van der Waals surface area contributed by atoms with Crippen molar-refractivity contribution in [2.45, 2.75) is 0 Å². The molecule has 0 saturated carbocycles. The number of nitro groups is 1. The summed E-state index contributed by atoms with van der Waals surface area (Å²) in [6.45, 7) is 0. The monoisotopic (exact) mass is 361 g/mol. The van der Waals surface area contributed by atoms with Crippen LogP contribution < -0.4 is 5.43 Å². The quantitative estimate of drug-likeness (QED) is 0.465. The fourth-order valence-electron chi connectivity index (χ4n) is 1.56. The first-order valence-electron chi connectivity index (χ1n) is 5.76. The lowest BCUT2D eigenvalue weighted by molar-refractivity contribution is -0.384. The highest BCUT2D eigenvalue weighted by atomic mass is 35.5. The topological polar surface area (TPSA) is 67.5 Å². The molecule has 2 aromatic carbocycles. The molecule has 0 aliphatic rings. The highest BCUT2D eigenvalue weighted by Gasteiger charge is 2.10. The Kier molecular flexibility index (Phi) is 5.18. The number of nitro benzene ring substituents is 1. The maximum absolute atomic E-state index is 13.6. The second-order valence-electron chi connectivity index (χ2n) is 4.08. The molecular weight excluding hydrogens is 356 g/mol. The molecule has 5 nitrogen and oxygen atoms in total. The van der Waals surface area contributed by atoms with E-state index in [0.717, 1.165) is 24.4 Å². The number of halogens is 4. The number of nitrogens with zero attached hydrogens (tertiary/aromatic N) is 2. The molecule has 0 fully saturated rings. The third-order valence-electron chi connectivity index (χ3n) is 2.58. The van der Waals surface area contributed by atoms with Crippen molar-refractivity contribution in [1.29, 1.82) is 0 Å². The minimum absolute atomic E-state index is 0.0529. The minimum atomic E-state index is -0.649. The number of hydrogen-bond acceptors (Lipinski definition) is 4. The van der Waals surface area contributed by atoms with E-state index < -0.39 is 10.7 Å². The van der Waals surface area contributed by atoms with Gasteiger partial charge in [0.15, 0.2) is 0 Å². The smallest absolute Gasteiger partial charge is 0.270 e. The first-order chi connectivity index (χ1) is 10.4. The van der Waals surface area contributed by atoms with Crippen LogP contribution in [-0.4, -0.2) is 11.1 Å². The van der Waals surface area contributed by atoms with E-state index >= 15 is 0 Å². The molecule has 0 heterocycles. The van der Waals surface area contributed by atoms with Crippen LogP contribution in [0, 0.1) is 15.9 Å². The Balaban J connectivity index is 2.23. The van der Waals surface area contributed by atoms with E-state index in [0.29, 0.717) is 5.02 Å². The van der Waals surface area contributed by atoms with Gasteiger partial charge in [-0.3, -0.25) is 15.5 Å². The van der Waals surface area contributed by atoms with Gasteiger partial charge >= 0.3 is 0 Å². The lowest BCUT2D eigenvalue weighted by atomic mass is 10.2. The van der Waals surface area contributed by atoms with E-state index in [1.165, 1.54) is 12.1 Å². The van der Waals surface area contributed by atoms with Crippen molar-refractivity contribution in [3.05, 3.63) is 66.9 Å². The van der Waals surface area contributed by atoms with Crippen molar-refractivity contribution in [2.75, 3.05) is 5.43 Å². The SMILES string of the molecule is O=[N+]([O-])c1ccc(F)c(C=NNc2c(Cl)cc(Cl)cc2Cl)c1. The zero-order valence-electron chi connectivity index (χ0n) is 10.7. The van der Waals surface area contributed by atoms with Crippen molar-refractivity contribution in [3.63, 3.8) is 0 Å². The summed E-state index contributed by atoms with van der Waals surface area (Å²) in [4.78, 5) is 10.0. The van der Waals surface area contributed by atoms with Crippen molar-refractivity contribution < 1.29 is 9.31 Å². The predicted molar refractivity (Wildman–Crippen MR) is 85.7 cm³/mol. The van der Waals surface area contributed by atoms with Crippen molar-refractivity contribution >= 4 is 52.4 Å². The van der Waals surface area contributed by atoms with E-state index in [2.05, 4.69) is 10.5 Å². The fourth-order valence-corrected chi connectivity index (χ4v) is 2.46. The standard InChI is InChI=1S/C13H7Cl3FN3O2/c14-8-4-10(15)13(11(16)5-8)19-18-6-7-3-9(20(21)22)1-2-12(7)17/h1-6,19H. The number of non-ortho nitro benzene ring substituents is 1. The summed E-state index contributed by atoms with van der Waals surface area (Å²) in [5.41, 5.74) is 2.53. The highest BCUT2D eigenvalue weighted by molar-refractivity contribution is 6.41. The van der Waals surface area contributed by atoms with Gasteiger partial charge in [-0.05, 0) is 18.2 Å². The Labute approximate surface area is 139 Å². The number of rotatable bonds is 4. The third kappa shape index (κ3) is 3.85. The molecule has 114 valence electrons. The molecule has 0 saturated heterocycles. The summed E-state index contributed by atoms with van der Waals surface area (Å²) >= 11 is 17.7. The molecule has 0 aliphatic heterocycles. The fraction of sp³-hybridized carbons (Fsp3) is 0. The third-order valence-corrected chi connectivity index (χ3v) is 3.39. The molecule has 2 rings (SSSR count). The molecule has 0 unspecified atom stereocenters. The lowest BCUT2D eigenvalue weighted by Crippen LogP contribution is -1.96. The average molecular weight is 363 g/mol. The van der Waals surface area contributed by atoms with Gasteiger partial charge in [0, 0.05) is 22.7 Å². The zero-order chi connectivity index (χ0) is 16.3. The predicted octanol–water partition coefficient (Wildman–Crippen LogP) is 5.14. The molecule has 0 aliphatic carbocycles. The van der Waals surface area contributed by atoms with E-state index in [1.807, 2.05) is 0 Å². The van der Waals surface area contributed by atoms with Gasteiger partial charge in [-0.15, -0.1) is 0 Å². The zero-order valence-corrected chi connectivity index (χ0v) is 13.0. The molecule has 0 atom stereocenters. The summed E-state index contributed by atoms with van der Waals surface area (Å²) < 4.78 is 13.6. The maximum Gasteiger partial charge on any atom is 0.270 e. The van der Waals surface area contributed by atoms with Gasteiger partial charge in [-0.1, -0.05) is 34.8 Å². The van der Waals surface area contributed by atoms with Gasteiger partial charge in [-0.25, -0.2) is 4.39 Å². The van der Waals surface area contributed by atoms with Gasteiger partial charge in [0.2, 0.25) is 0 Å². The van der Waals surface area contributed by atoms with Crippen LogP contribution in [0.5, 0.6) is 0 Å². The molecule has 0 amide bonds. The molecular formula is C13H7Cl3FN3O2. The van der Waals surface area contributed by atoms with Gasteiger partial charge in [0.1, 0.15) is 5.82 Å². The molecule has 0 aromatic heterocycles. The minimum Gasteiger partial charge on any atom is -0.275 e. The molecule has 0 spiro atoms. The van der Waals surface area contributed by atoms with Crippen LogP contribution in [0.3, 0.4) is 0 Å². The summed E-state index contributed by atoms with van der Waals surface area (Å²) in [6, 6.07) is 6.03. The number of hydrazone groups is 1. The normalized spacial score (nSPS) is 10.9. The average Bonchev–Trinajstić information content (AvgIpc) is 2.43. The first-order valence-corrected chi connectivity index (χ1v) is 6.89. The van der Waals surface area contributed by atoms with Crippen LogP contribution in [0.15, 0.2) is 35.4 Å². The Morgan fingerprint density at radius 3 is 2.41 bits per heavy atom. The summed E-state index contributed by atoms with van der Waals surface area (Å²) in [7, 11) is 0. The van der Waals surface area contributed by atoms with Crippen LogP contribution in [0.1, 0.15) is 5.56 Å². The van der Waals surface area contributed by atoms with Crippen LogP contribution in [-0.2, 0) is 0 Å². The largest absolute Gasteiger partial charge is 0.275 e. The number of anilines is 1. The van der Waals surface area contributed by atoms with Crippen LogP contribution >= 0.6 is 34.8 Å². The van der Waals surface area contributed by atoms with E-state index in [1.54, 1.807) is 0 Å². The molecule has 2 aromatic rings. The number of nitrogens with one attached hydrogen (secondary N) is 1. The second kappa shape index (κ2) is 6.91. The Morgan fingerprint density at radius 1 is 1.18 bits per heavy atom. The van der Waals surface area contributed by atoms with Gasteiger partial charge < -0.3 is 0 Å². The summed E-state index contributed by atoms with van der Waals surface area (Å²) in [5, 5.41) is 15.2. The van der Waals surface area contributed by atoms with E-state index in [9.17, 15) is 14.5 Å². The number of hydrogen-bond donors (Lipinski definition) is 1. The van der Waals surface area contributed by atoms with Crippen molar-refractivity contribution in [1.82, 2.24) is 0 Å². The lowest BCUT2D eigenvalue weighted by Gasteiger charge is -2.06.